The van der Waals surface area contributed by atoms with E-state index in [1.54, 1.807) is 0 Å². The normalized spacial score (nSPS) is 21.0. The van der Waals surface area contributed by atoms with Crippen LogP contribution in [0.25, 0.3) is 0 Å². The van der Waals surface area contributed by atoms with Gasteiger partial charge in [0.15, 0.2) is 0 Å². The minimum Gasteiger partial charge on any atom is -0.336 e. The van der Waals surface area contributed by atoms with Crippen molar-refractivity contribution in [3.05, 3.63) is 17.5 Å². The minimum absolute atomic E-state index is 0.486. The van der Waals surface area contributed by atoms with Crippen molar-refractivity contribution in [3.63, 3.8) is 0 Å². The smallest absolute Gasteiger partial charge is 0.226 e. The van der Waals surface area contributed by atoms with E-state index in [1.807, 2.05) is 6.07 Å². The molecule has 2 atom stereocenters. The Hall–Kier alpha value is -1.16. The van der Waals surface area contributed by atoms with E-state index >= 15 is 0 Å². The maximum atomic E-state index is 4.66. The molecule has 0 spiro atoms. The zero-order valence-electron chi connectivity index (χ0n) is 13.3. The van der Waals surface area contributed by atoms with Gasteiger partial charge in [-0.3, -0.25) is 0 Å². The second kappa shape index (κ2) is 7.02. The first-order valence-electron chi connectivity index (χ1n) is 7.94. The molecule has 1 fully saturated rings. The van der Waals surface area contributed by atoms with Crippen molar-refractivity contribution in [2.24, 2.45) is 0 Å². The zero-order chi connectivity index (χ0) is 14.5. The highest BCUT2D eigenvalue weighted by atomic mass is 15.3. The summed E-state index contributed by atoms with van der Waals surface area (Å²) in [5.74, 6) is 0.914. The Balaban J connectivity index is 2.17. The number of aryl methyl sites for hydroxylation is 2. The van der Waals surface area contributed by atoms with Crippen LogP contribution in [0, 0.1) is 13.8 Å². The summed E-state index contributed by atoms with van der Waals surface area (Å²) in [5, 5.41) is 3.63. The highest BCUT2D eigenvalue weighted by molar-refractivity contribution is 5.35. The molecule has 4 nitrogen and oxygen atoms in total. The maximum Gasteiger partial charge on any atom is 0.226 e. The van der Waals surface area contributed by atoms with Crippen molar-refractivity contribution in [3.8, 4) is 0 Å². The van der Waals surface area contributed by atoms with Gasteiger partial charge in [-0.25, -0.2) is 9.97 Å². The Bertz CT molecular complexity index is 412. The second-order valence-corrected chi connectivity index (χ2v) is 5.95. The monoisotopic (exact) mass is 276 g/mol. The molecule has 2 heterocycles. The van der Waals surface area contributed by atoms with Crippen LogP contribution in [0.3, 0.4) is 0 Å². The van der Waals surface area contributed by atoms with Gasteiger partial charge in [0.1, 0.15) is 0 Å². The fraction of sp³-hybridized carbons (Fsp3) is 0.750. The zero-order valence-corrected chi connectivity index (χ0v) is 13.3. The number of rotatable bonds is 5. The molecule has 0 radical (unpaired) electrons. The van der Waals surface area contributed by atoms with Crippen LogP contribution in [-0.2, 0) is 0 Å². The first-order chi connectivity index (χ1) is 9.61. The van der Waals surface area contributed by atoms with Crippen LogP contribution in [0.5, 0.6) is 0 Å². The van der Waals surface area contributed by atoms with E-state index in [4.69, 9.17) is 0 Å². The van der Waals surface area contributed by atoms with Gasteiger partial charge in [-0.15, -0.1) is 0 Å². The van der Waals surface area contributed by atoms with E-state index < -0.39 is 0 Å². The molecule has 2 rings (SSSR count). The summed E-state index contributed by atoms with van der Waals surface area (Å²) in [6.45, 7) is 10.8. The van der Waals surface area contributed by atoms with Crippen LogP contribution < -0.4 is 10.2 Å². The maximum absolute atomic E-state index is 4.66. The van der Waals surface area contributed by atoms with E-state index in [2.05, 4.69) is 47.9 Å². The highest BCUT2D eigenvalue weighted by Crippen LogP contribution is 2.24. The summed E-state index contributed by atoms with van der Waals surface area (Å²) in [7, 11) is 0. The van der Waals surface area contributed by atoms with Gasteiger partial charge in [0.2, 0.25) is 5.95 Å². The van der Waals surface area contributed by atoms with Gasteiger partial charge in [-0.2, -0.15) is 0 Å². The molecule has 1 saturated heterocycles. The van der Waals surface area contributed by atoms with Crippen molar-refractivity contribution in [1.82, 2.24) is 15.3 Å². The largest absolute Gasteiger partial charge is 0.336 e. The number of nitrogens with zero attached hydrogens (tertiary/aromatic N) is 3. The molecule has 0 bridgehead atoms. The molecule has 0 aromatic carbocycles. The summed E-state index contributed by atoms with van der Waals surface area (Å²) in [6.07, 6.45) is 4.96. The lowest BCUT2D eigenvalue weighted by molar-refractivity contribution is 0.364. The molecule has 1 aliphatic heterocycles. The van der Waals surface area contributed by atoms with Crippen molar-refractivity contribution in [2.45, 2.75) is 65.5 Å². The fourth-order valence-electron chi connectivity index (χ4n) is 3.07. The predicted molar refractivity (Wildman–Crippen MR) is 84.2 cm³/mol. The molecule has 1 aromatic heterocycles. The van der Waals surface area contributed by atoms with E-state index in [1.165, 1.54) is 25.7 Å². The van der Waals surface area contributed by atoms with E-state index in [-0.39, 0.29) is 0 Å². The lowest BCUT2D eigenvalue weighted by atomic mass is 9.96. The number of piperidine rings is 1. The van der Waals surface area contributed by atoms with Crippen molar-refractivity contribution in [2.75, 3.05) is 18.0 Å². The van der Waals surface area contributed by atoms with Gasteiger partial charge in [-0.05, 0) is 59.1 Å². The number of hydrogen-bond donors (Lipinski definition) is 1. The molecule has 1 aromatic rings. The second-order valence-electron chi connectivity index (χ2n) is 5.95. The van der Waals surface area contributed by atoms with Gasteiger partial charge in [0.05, 0.1) is 0 Å². The molecule has 20 heavy (non-hydrogen) atoms. The van der Waals surface area contributed by atoms with Crippen LogP contribution in [0.1, 0.15) is 50.9 Å². The highest BCUT2D eigenvalue weighted by Gasteiger charge is 2.28. The molecule has 1 aliphatic rings. The molecular weight excluding hydrogens is 248 g/mol. The minimum atomic E-state index is 0.486. The van der Waals surface area contributed by atoms with Gasteiger partial charge >= 0.3 is 0 Å². The molecule has 0 aliphatic carbocycles. The van der Waals surface area contributed by atoms with Gasteiger partial charge in [0, 0.05) is 30.0 Å². The third-order valence-corrected chi connectivity index (χ3v) is 4.07. The summed E-state index contributed by atoms with van der Waals surface area (Å²) >= 11 is 0. The summed E-state index contributed by atoms with van der Waals surface area (Å²) in [5.41, 5.74) is 2.12. The first kappa shape index (κ1) is 15.2. The number of anilines is 1. The summed E-state index contributed by atoms with van der Waals surface area (Å²) < 4.78 is 0. The van der Waals surface area contributed by atoms with Gasteiger partial charge < -0.3 is 10.2 Å². The van der Waals surface area contributed by atoms with E-state index in [9.17, 15) is 0 Å². The third-order valence-electron chi connectivity index (χ3n) is 4.07. The molecule has 1 N–H and O–H groups in total. The lowest BCUT2D eigenvalue weighted by Crippen LogP contribution is -2.52. The third kappa shape index (κ3) is 3.69. The Kier molecular flexibility index (Phi) is 5.35. The quantitative estimate of drug-likeness (QED) is 0.898. The predicted octanol–water partition coefficient (Wildman–Crippen LogP) is 2.84. The van der Waals surface area contributed by atoms with E-state index in [0.717, 1.165) is 30.4 Å². The van der Waals surface area contributed by atoms with Crippen LogP contribution in [0.15, 0.2) is 6.07 Å². The van der Waals surface area contributed by atoms with Gasteiger partial charge in [0.25, 0.3) is 0 Å². The summed E-state index contributed by atoms with van der Waals surface area (Å²) in [6, 6.07) is 3.04. The SMILES string of the molecule is CCCNC(C)C1CCCCN1c1nc(C)cc(C)n1. The fourth-order valence-corrected chi connectivity index (χ4v) is 3.07. The van der Waals surface area contributed by atoms with Crippen LogP contribution >= 0.6 is 0 Å². The Morgan fingerprint density at radius 3 is 2.65 bits per heavy atom. The molecule has 112 valence electrons. The Labute approximate surface area is 123 Å². The standard InChI is InChI=1S/C16H28N4/c1-5-9-17-14(4)15-8-6-7-10-20(15)16-18-12(2)11-13(3)19-16/h11,14-15,17H,5-10H2,1-4H3. The topological polar surface area (TPSA) is 41.0 Å². The lowest BCUT2D eigenvalue weighted by Gasteiger charge is -2.39. The Morgan fingerprint density at radius 2 is 2.00 bits per heavy atom. The van der Waals surface area contributed by atoms with Crippen molar-refractivity contribution >= 4 is 5.95 Å². The van der Waals surface area contributed by atoms with Crippen LogP contribution in [-0.4, -0.2) is 35.1 Å². The molecular formula is C16H28N4. The molecule has 4 heteroatoms. The average molecular weight is 276 g/mol. The first-order valence-corrected chi connectivity index (χ1v) is 7.94. The van der Waals surface area contributed by atoms with Crippen LogP contribution in [0.4, 0.5) is 5.95 Å². The number of nitrogens with one attached hydrogen (secondary N) is 1. The van der Waals surface area contributed by atoms with Gasteiger partial charge in [-0.1, -0.05) is 6.92 Å². The summed E-state index contributed by atoms with van der Waals surface area (Å²) in [4.78, 5) is 11.7. The molecule has 0 amide bonds. The molecule has 0 saturated carbocycles. The van der Waals surface area contributed by atoms with Crippen LogP contribution in [0.2, 0.25) is 0 Å². The number of aromatic nitrogens is 2. The van der Waals surface area contributed by atoms with E-state index in [0.29, 0.717) is 12.1 Å². The average Bonchev–Trinajstić information content (AvgIpc) is 2.43. The number of hydrogen-bond acceptors (Lipinski definition) is 4. The molecule has 2 unspecified atom stereocenters. The van der Waals surface area contributed by atoms with Crippen molar-refractivity contribution < 1.29 is 0 Å². The van der Waals surface area contributed by atoms with Crippen molar-refractivity contribution in [1.29, 1.82) is 0 Å². The Morgan fingerprint density at radius 1 is 1.30 bits per heavy atom.